The van der Waals surface area contributed by atoms with Gasteiger partial charge in [0.2, 0.25) is 0 Å². The van der Waals surface area contributed by atoms with E-state index in [9.17, 15) is 4.79 Å². The zero-order chi connectivity index (χ0) is 22.9. The van der Waals surface area contributed by atoms with Crippen LogP contribution in [0.1, 0.15) is 80.7 Å². The Kier molecular flexibility index (Phi) is 7.00. The molecule has 2 atom stereocenters. The van der Waals surface area contributed by atoms with Crippen LogP contribution in [0.15, 0.2) is 36.4 Å². The van der Waals surface area contributed by atoms with E-state index in [1.165, 1.54) is 0 Å². The summed E-state index contributed by atoms with van der Waals surface area (Å²) in [5.74, 6) is 1.23. The predicted octanol–water partition coefficient (Wildman–Crippen LogP) is 5.03. The van der Waals surface area contributed by atoms with Gasteiger partial charge in [-0.1, -0.05) is 41.5 Å². The molecule has 0 fully saturated rings. The minimum absolute atomic E-state index is 0.107. The fourth-order valence-electron chi connectivity index (χ4n) is 3.34. The van der Waals surface area contributed by atoms with Crippen molar-refractivity contribution in [2.75, 3.05) is 14.2 Å². The van der Waals surface area contributed by atoms with Crippen molar-refractivity contribution in [3.8, 4) is 11.5 Å². The van der Waals surface area contributed by atoms with Crippen molar-refractivity contribution in [2.24, 2.45) is 22.3 Å². The fourth-order valence-corrected chi connectivity index (χ4v) is 3.34. The molecule has 0 amide bonds. The normalized spacial score (nSPS) is 14.2. The molecule has 5 heteroatoms. The maximum absolute atomic E-state index is 13.8. The first kappa shape index (κ1) is 23.9. The third kappa shape index (κ3) is 5.02. The number of ether oxygens (including phenoxy) is 2. The van der Waals surface area contributed by atoms with Crippen LogP contribution >= 0.6 is 0 Å². The molecule has 2 unspecified atom stereocenters. The zero-order valence-corrected chi connectivity index (χ0v) is 19.5. The second-order valence-corrected chi connectivity index (χ2v) is 9.92. The Labute approximate surface area is 180 Å². The molecule has 2 aromatic carbocycles. The van der Waals surface area contributed by atoms with E-state index in [4.69, 9.17) is 20.9 Å². The molecule has 0 saturated heterocycles. The van der Waals surface area contributed by atoms with Gasteiger partial charge in [-0.25, -0.2) is 0 Å². The van der Waals surface area contributed by atoms with Gasteiger partial charge < -0.3 is 20.9 Å². The summed E-state index contributed by atoms with van der Waals surface area (Å²) in [4.78, 5) is 13.8. The van der Waals surface area contributed by atoms with Crippen LogP contribution in [0.4, 0.5) is 0 Å². The molecule has 30 heavy (non-hydrogen) atoms. The van der Waals surface area contributed by atoms with Gasteiger partial charge in [-0.15, -0.1) is 0 Å². The average molecular weight is 413 g/mol. The Morgan fingerprint density at radius 3 is 1.33 bits per heavy atom. The first-order valence-electron chi connectivity index (χ1n) is 10.2. The maximum Gasteiger partial charge on any atom is 0.193 e. The first-order chi connectivity index (χ1) is 13.8. The summed E-state index contributed by atoms with van der Waals surface area (Å²) in [6.45, 7) is 12.3. The number of rotatable bonds is 6. The number of carbonyl (C=O) groups is 1. The summed E-state index contributed by atoms with van der Waals surface area (Å²) in [5.41, 5.74) is 15.3. The molecule has 5 nitrogen and oxygen atoms in total. The monoisotopic (exact) mass is 412 g/mol. The van der Waals surface area contributed by atoms with E-state index in [-0.39, 0.29) is 28.7 Å². The quantitative estimate of drug-likeness (QED) is 0.650. The topological polar surface area (TPSA) is 87.6 Å². The van der Waals surface area contributed by atoms with Crippen LogP contribution in [0.2, 0.25) is 0 Å². The number of nitrogens with two attached hydrogens (primary N) is 2. The second-order valence-electron chi connectivity index (χ2n) is 9.92. The first-order valence-corrected chi connectivity index (χ1v) is 10.2. The molecule has 2 rings (SSSR count). The van der Waals surface area contributed by atoms with Gasteiger partial charge in [-0.2, -0.15) is 0 Å². The van der Waals surface area contributed by atoms with Gasteiger partial charge >= 0.3 is 0 Å². The lowest BCUT2D eigenvalue weighted by atomic mass is 9.78. The van der Waals surface area contributed by atoms with Gasteiger partial charge in [0.15, 0.2) is 5.78 Å². The summed E-state index contributed by atoms with van der Waals surface area (Å²) >= 11 is 0. The zero-order valence-electron chi connectivity index (χ0n) is 19.5. The highest BCUT2D eigenvalue weighted by Crippen LogP contribution is 2.38. The molecule has 164 valence electrons. The molecule has 2 aromatic rings. The van der Waals surface area contributed by atoms with Crippen molar-refractivity contribution >= 4 is 5.78 Å². The predicted molar refractivity (Wildman–Crippen MR) is 122 cm³/mol. The van der Waals surface area contributed by atoms with E-state index in [0.29, 0.717) is 22.6 Å². The number of ketones is 1. The highest BCUT2D eigenvalue weighted by atomic mass is 16.5. The van der Waals surface area contributed by atoms with E-state index in [0.717, 1.165) is 11.1 Å². The van der Waals surface area contributed by atoms with Crippen LogP contribution in [-0.2, 0) is 0 Å². The lowest BCUT2D eigenvalue weighted by molar-refractivity contribution is 0.103. The molecule has 0 bridgehead atoms. The van der Waals surface area contributed by atoms with Crippen molar-refractivity contribution in [1.29, 1.82) is 0 Å². The fraction of sp³-hybridized carbons (Fsp3) is 0.480. The molecule has 0 aliphatic heterocycles. The molecule has 0 radical (unpaired) electrons. The molecular weight excluding hydrogens is 376 g/mol. The number of hydrogen-bond acceptors (Lipinski definition) is 5. The van der Waals surface area contributed by atoms with Gasteiger partial charge in [0.25, 0.3) is 0 Å². The third-order valence-electron chi connectivity index (χ3n) is 5.54. The largest absolute Gasteiger partial charge is 0.497 e. The Morgan fingerprint density at radius 2 is 1.07 bits per heavy atom. The van der Waals surface area contributed by atoms with E-state index in [1.807, 2.05) is 12.1 Å². The van der Waals surface area contributed by atoms with E-state index < -0.39 is 0 Å². The maximum atomic E-state index is 13.8. The van der Waals surface area contributed by atoms with Crippen molar-refractivity contribution in [3.05, 3.63) is 58.7 Å². The highest BCUT2D eigenvalue weighted by Gasteiger charge is 2.31. The molecule has 0 heterocycles. The van der Waals surface area contributed by atoms with Gasteiger partial charge in [-0.3, -0.25) is 4.79 Å². The van der Waals surface area contributed by atoms with Gasteiger partial charge in [0.05, 0.1) is 14.2 Å². The molecule has 0 saturated carbocycles. The third-order valence-corrected chi connectivity index (χ3v) is 5.54. The van der Waals surface area contributed by atoms with Crippen LogP contribution in [0, 0.1) is 10.8 Å². The van der Waals surface area contributed by atoms with Crippen LogP contribution < -0.4 is 20.9 Å². The van der Waals surface area contributed by atoms with Crippen LogP contribution in [-0.4, -0.2) is 20.0 Å². The Bertz CT molecular complexity index is 834. The summed E-state index contributed by atoms with van der Waals surface area (Å²) in [5, 5.41) is 0. The van der Waals surface area contributed by atoms with E-state index in [2.05, 4.69) is 41.5 Å². The Hall–Kier alpha value is -2.37. The lowest BCUT2D eigenvalue weighted by Crippen LogP contribution is -2.30. The SMILES string of the molecule is COc1ccc(C(=O)c2ccc(OC)cc2C(N)C(C)(C)C)c(C(N)C(C)(C)C)c1. The van der Waals surface area contributed by atoms with Gasteiger partial charge in [-0.05, 0) is 58.4 Å². The van der Waals surface area contributed by atoms with E-state index in [1.54, 1.807) is 38.5 Å². The highest BCUT2D eigenvalue weighted by molar-refractivity contribution is 6.11. The standard InChI is InChI=1S/C25H36N2O3/c1-24(2,3)22(26)19-13-15(29-7)9-11-17(19)21(28)18-12-10-16(30-8)14-20(18)23(27)25(4,5)6/h9-14,22-23H,26-27H2,1-8H3. The Morgan fingerprint density at radius 1 is 0.733 bits per heavy atom. The number of methoxy groups -OCH3 is 2. The van der Waals surface area contributed by atoms with Crippen molar-refractivity contribution in [3.63, 3.8) is 0 Å². The number of carbonyl (C=O) groups excluding carboxylic acids is 1. The number of hydrogen-bond donors (Lipinski definition) is 2. The summed E-state index contributed by atoms with van der Waals surface area (Å²) in [6.07, 6.45) is 0. The molecule has 0 aliphatic rings. The van der Waals surface area contributed by atoms with Crippen molar-refractivity contribution in [2.45, 2.75) is 53.6 Å². The molecule has 0 aromatic heterocycles. The minimum Gasteiger partial charge on any atom is -0.497 e. The molecular formula is C25H36N2O3. The summed E-state index contributed by atoms with van der Waals surface area (Å²) in [6, 6.07) is 10.2. The van der Waals surface area contributed by atoms with Gasteiger partial charge in [0, 0.05) is 23.2 Å². The molecule has 4 N–H and O–H groups in total. The molecule has 0 spiro atoms. The lowest BCUT2D eigenvalue weighted by Gasteiger charge is -2.31. The van der Waals surface area contributed by atoms with Crippen molar-refractivity contribution in [1.82, 2.24) is 0 Å². The second kappa shape index (κ2) is 8.78. The summed E-state index contributed by atoms with van der Waals surface area (Å²) < 4.78 is 10.8. The average Bonchev–Trinajstić information content (AvgIpc) is 2.69. The van der Waals surface area contributed by atoms with Crippen LogP contribution in [0.3, 0.4) is 0 Å². The minimum atomic E-state index is -0.343. The summed E-state index contributed by atoms with van der Waals surface area (Å²) in [7, 11) is 3.21. The van der Waals surface area contributed by atoms with Gasteiger partial charge in [0.1, 0.15) is 11.5 Å². The smallest absolute Gasteiger partial charge is 0.193 e. The Balaban J connectivity index is 2.69. The van der Waals surface area contributed by atoms with Crippen LogP contribution in [0.25, 0.3) is 0 Å². The van der Waals surface area contributed by atoms with Crippen LogP contribution in [0.5, 0.6) is 11.5 Å². The number of benzene rings is 2. The van der Waals surface area contributed by atoms with E-state index >= 15 is 0 Å². The van der Waals surface area contributed by atoms with Crippen molar-refractivity contribution < 1.29 is 14.3 Å². The molecule has 0 aliphatic carbocycles.